The lowest BCUT2D eigenvalue weighted by Gasteiger charge is -2.27. The minimum absolute atomic E-state index is 0.175. The van der Waals surface area contributed by atoms with Crippen molar-refractivity contribution in [2.45, 2.75) is 12.8 Å². The Kier molecular flexibility index (Phi) is 4.08. The van der Waals surface area contributed by atoms with E-state index in [-0.39, 0.29) is 5.91 Å². The quantitative estimate of drug-likeness (QED) is 0.784. The molecule has 2 N–H and O–H groups in total. The molecule has 0 unspecified atom stereocenters. The van der Waals surface area contributed by atoms with Crippen molar-refractivity contribution in [2.24, 2.45) is 0 Å². The van der Waals surface area contributed by atoms with E-state index in [9.17, 15) is 4.79 Å². The van der Waals surface area contributed by atoms with Crippen LogP contribution < -0.4 is 15.6 Å². The zero-order valence-electron chi connectivity index (χ0n) is 11.5. The second-order valence-electron chi connectivity index (χ2n) is 5.15. The van der Waals surface area contributed by atoms with E-state index in [0.717, 1.165) is 57.9 Å². The average molecular weight is 276 g/mol. The number of anilines is 1. The Bertz CT molecular complexity index is 450. The SMILES string of the molecule is O=C(NN1CCCC1)c1ccc(N2CCNCC2)nn1. The van der Waals surface area contributed by atoms with Gasteiger partial charge in [-0.1, -0.05) is 0 Å². The molecule has 0 aliphatic carbocycles. The van der Waals surface area contributed by atoms with Crippen molar-refractivity contribution in [1.29, 1.82) is 0 Å². The fraction of sp³-hybridized carbons (Fsp3) is 0.615. The predicted octanol–water partition coefficient (Wildman–Crippen LogP) is -0.373. The molecule has 108 valence electrons. The van der Waals surface area contributed by atoms with Crippen LogP contribution in [0, 0.1) is 0 Å². The third kappa shape index (κ3) is 3.05. The molecule has 2 aliphatic heterocycles. The van der Waals surface area contributed by atoms with Crippen LogP contribution in [0.2, 0.25) is 0 Å². The van der Waals surface area contributed by atoms with Gasteiger partial charge < -0.3 is 10.2 Å². The van der Waals surface area contributed by atoms with Crippen LogP contribution in [0.3, 0.4) is 0 Å². The molecular weight excluding hydrogens is 256 g/mol. The highest BCUT2D eigenvalue weighted by molar-refractivity contribution is 5.91. The van der Waals surface area contributed by atoms with Gasteiger partial charge in [0.2, 0.25) is 0 Å². The molecule has 1 amide bonds. The molecule has 0 bridgehead atoms. The molecule has 3 rings (SSSR count). The summed E-state index contributed by atoms with van der Waals surface area (Å²) in [6, 6.07) is 3.62. The lowest BCUT2D eigenvalue weighted by atomic mass is 10.3. The monoisotopic (exact) mass is 276 g/mol. The molecule has 1 aromatic rings. The zero-order chi connectivity index (χ0) is 13.8. The average Bonchev–Trinajstić information content (AvgIpc) is 3.01. The topological polar surface area (TPSA) is 73.4 Å². The second kappa shape index (κ2) is 6.15. The molecule has 7 nitrogen and oxygen atoms in total. The molecule has 0 spiro atoms. The summed E-state index contributed by atoms with van der Waals surface area (Å²) in [6.45, 7) is 5.59. The number of carbonyl (C=O) groups is 1. The Morgan fingerprint density at radius 3 is 2.50 bits per heavy atom. The van der Waals surface area contributed by atoms with Crippen molar-refractivity contribution >= 4 is 11.7 Å². The molecule has 2 aliphatic rings. The first-order valence-corrected chi connectivity index (χ1v) is 7.18. The van der Waals surface area contributed by atoms with Gasteiger partial charge in [0, 0.05) is 39.3 Å². The number of aromatic nitrogens is 2. The maximum Gasteiger partial charge on any atom is 0.286 e. The van der Waals surface area contributed by atoms with E-state index >= 15 is 0 Å². The fourth-order valence-corrected chi connectivity index (χ4v) is 2.54. The summed E-state index contributed by atoms with van der Waals surface area (Å²) >= 11 is 0. The van der Waals surface area contributed by atoms with Crippen LogP contribution >= 0.6 is 0 Å². The van der Waals surface area contributed by atoms with Crippen LogP contribution in [0.1, 0.15) is 23.3 Å². The Balaban J connectivity index is 1.61. The summed E-state index contributed by atoms with van der Waals surface area (Å²) in [4.78, 5) is 14.2. The highest BCUT2D eigenvalue weighted by atomic mass is 16.2. The molecule has 0 radical (unpaired) electrons. The smallest absolute Gasteiger partial charge is 0.286 e. The normalized spacial score (nSPS) is 20.1. The third-order valence-electron chi connectivity index (χ3n) is 3.69. The van der Waals surface area contributed by atoms with Crippen LogP contribution in [0.25, 0.3) is 0 Å². The molecular formula is C13H20N6O. The van der Waals surface area contributed by atoms with Gasteiger partial charge in [0.25, 0.3) is 5.91 Å². The number of piperazine rings is 1. The van der Waals surface area contributed by atoms with Crippen LogP contribution in [0.4, 0.5) is 5.82 Å². The van der Waals surface area contributed by atoms with Crippen molar-refractivity contribution in [3.63, 3.8) is 0 Å². The van der Waals surface area contributed by atoms with E-state index in [1.165, 1.54) is 0 Å². The highest BCUT2D eigenvalue weighted by Gasteiger charge is 2.17. The summed E-state index contributed by atoms with van der Waals surface area (Å²) in [6.07, 6.45) is 2.27. The van der Waals surface area contributed by atoms with Gasteiger partial charge in [0.1, 0.15) is 0 Å². The van der Waals surface area contributed by atoms with E-state index in [1.807, 2.05) is 11.1 Å². The number of hydrogen-bond acceptors (Lipinski definition) is 6. The molecule has 0 atom stereocenters. The molecule has 1 aromatic heterocycles. The molecule has 20 heavy (non-hydrogen) atoms. The van der Waals surface area contributed by atoms with Crippen molar-refractivity contribution in [3.8, 4) is 0 Å². The van der Waals surface area contributed by atoms with E-state index in [4.69, 9.17) is 0 Å². The summed E-state index contributed by atoms with van der Waals surface area (Å²) in [5.41, 5.74) is 3.23. The first kappa shape index (κ1) is 13.3. The first-order chi connectivity index (χ1) is 9.83. The summed E-state index contributed by atoms with van der Waals surface area (Å²) in [5.74, 6) is 0.662. The van der Waals surface area contributed by atoms with Crippen molar-refractivity contribution < 1.29 is 4.79 Å². The first-order valence-electron chi connectivity index (χ1n) is 7.18. The van der Waals surface area contributed by atoms with Crippen LogP contribution in [-0.4, -0.2) is 60.4 Å². The third-order valence-corrected chi connectivity index (χ3v) is 3.69. The summed E-state index contributed by atoms with van der Waals surface area (Å²) in [7, 11) is 0. The number of hydrazine groups is 1. The Labute approximate surface area is 118 Å². The number of nitrogens with one attached hydrogen (secondary N) is 2. The van der Waals surface area contributed by atoms with Crippen LogP contribution in [0.5, 0.6) is 0 Å². The van der Waals surface area contributed by atoms with Crippen molar-refractivity contribution in [2.75, 3.05) is 44.2 Å². The van der Waals surface area contributed by atoms with Gasteiger partial charge in [-0.3, -0.25) is 10.2 Å². The van der Waals surface area contributed by atoms with E-state index in [0.29, 0.717) is 5.69 Å². The zero-order valence-corrected chi connectivity index (χ0v) is 11.5. The van der Waals surface area contributed by atoms with Crippen molar-refractivity contribution in [3.05, 3.63) is 17.8 Å². The van der Waals surface area contributed by atoms with Gasteiger partial charge in [-0.05, 0) is 25.0 Å². The van der Waals surface area contributed by atoms with Gasteiger partial charge in [-0.15, -0.1) is 10.2 Å². The minimum atomic E-state index is -0.175. The minimum Gasteiger partial charge on any atom is -0.353 e. The molecule has 0 aromatic carbocycles. The number of rotatable bonds is 3. The fourth-order valence-electron chi connectivity index (χ4n) is 2.54. The Hall–Kier alpha value is -1.73. The predicted molar refractivity (Wildman–Crippen MR) is 75.4 cm³/mol. The summed E-state index contributed by atoms with van der Waals surface area (Å²) < 4.78 is 0. The molecule has 7 heteroatoms. The van der Waals surface area contributed by atoms with Gasteiger partial charge in [-0.2, -0.15) is 0 Å². The molecule has 0 saturated carbocycles. The maximum absolute atomic E-state index is 12.0. The van der Waals surface area contributed by atoms with E-state index < -0.39 is 0 Å². The lowest BCUT2D eigenvalue weighted by molar-refractivity contribution is 0.0819. The van der Waals surface area contributed by atoms with Gasteiger partial charge in [0.15, 0.2) is 11.5 Å². The molecule has 2 saturated heterocycles. The summed E-state index contributed by atoms with van der Waals surface area (Å²) in [5, 5.41) is 13.4. The second-order valence-corrected chi connectivity index (χ2v) is 5.15. The van der Waals surface area contributed by atoms with Crippen LogP contribution in [0.15, 0.2) is 12.1 Å². The van der Waals surface area contributed by atoms with E-state index in [1.54, 1.807) is 6.07 Å². The molecule has 2 fully saturated rings. The van der Waals surface area contributed by atoms with E-state index in [2.05, 4.69) is 25.8 Å². The standard InChI is InChI=1S/C13H20N6O/c20-13(17-19-7-1-2-8-19)11-3-4-12(16-15-11)18-9-5-14-6-10-18/h3-4,14H,1-2,5-10H2,(H,17,20). The number of nitrogens with zero attached hydrogens (tertiary/aromatic N) is 4. The van der Waals surface area contributed by atoms with Gasteiger partial charge in [-0.25, -0.2) is 5.01 Å². The van der Waals surface area contributed by atoms with Gasteiger partial charge >= 0.3 is 0 Å². The number of carbonyl (C=O) groups excluding carboxylic acids is 1. The number of hydrogen-bond donors (Lipinski definition) is 2. The highest BCUT2D eigenvalue weighted by Crippen LogP contribution is 2.10. The van der Waals surface area contributed by atoms with Gasteiger partial charge in [0.05, 0.1) is 0 Å². The Morgan fingerprint density at radius 1 is 1.10 bits per heavy atom. The maximum atomic E-state index is 12.0. The number of amides is 1. The van der Waals surface area contributed by atoms with Crippen molar-refractivity contribution in [1.82, 2.24) is 25.9 Å². The largest absolute Gasteiger partial charge is 0.353 e. The van der Waals surface area contributed by atoms with Crippen LogP contribution in [-0.2, 0) is 0 Å². The lowest BCUT2D eigenvalue weighted by Crippen LogP contribution is -2.44. The molecule has 3 heterocycles. The Morgan fingerprint density at radius 2 is 1.85 bits per heavy atom.